The van der Waals surface area contributed by atoms with Gasteiger partial charge in [-0.15, -0.1) is 0 Å². The number of benzene rings is 2. The largest absolute Gasteiger partial charge is 0.507 e. The number of ketones is 1. The van der Waals surface area contributed by atoms with Gasteiger partial charge in [0.25, 0.3) is 17.4 Å². The van der Waals surface area contributed by atoms with E-state index in [1.165, 1.54) is 30.2 Å². The Morgan fingerprint density at radius 1 is 1.15 bits per heavy atom. The highest BCUT2D eigenvalue weighted by Gasteiger charge is 2.46. The van der Waals surface area contributed by atoms with Gasteiger partial charge >= 0.3 is 0 Å². The van der Waals surface area contributed by atoms with Crippen LogP contribution in [0.25, 0.3) is 5.76 Å². The molecule has 1 atom stereocenters. The molecule has 3 rings (SSSR count). The first-order valence-electron chi connectivity index (χ1n) is 11.2. The van der Waals surface area contributed by atoms with Gasteiger partial charge in [0.15, 0.2) is 0 Å². The third-order valence-electron chi connectivity index (χ3n) is 6.05. The number of hydrogen-bond acceptors (Lipinski definition) is 7. The molecule has 1 fully saturated rings. The lowest BCUT2D eigenvalue weighted by Crippen LogP contribution is -2.33. The van der Waals surface area contributed by atoms with E-state index in [-0.39, 0.29) is 23.6 Å². The van der Waals surface area contributed by atoms with Crippen LogP contribution in [-0.2, 0) is 9.59 Å². The normalized spacial score (nSPS) is 17.4. The number of likely N-dealkylation sites (tertiary alicyclic amines) is 1. The van der Waals surface area contributed by atoms with E-state index >= 15 is 0 Å². The van der Waals surface area contributed by atoms with E-state index in [4.69, 9.17) is 4.74 Å². The fourth-order valence-electron chi connectivity index (χ4n) is 4.20. The predicted octanol–water partition coefficient (Wildman–Crippen LogP) is 3.76. The van der Waals surface area contributed by atoms with Gasteiger partial charge < -0.3 is 19.6 Å². The van der Waals surface area contributed by atoms with Crippen molar-refractivity contribution in [2.24, 2.45) is 0 Å². The Balaban J connectivity index is 2.09. The standard InChI is InChI=1S/C25H29N3O6/c1-4-26(5-2)13-8-14-27-22(17-9-6-11-19(15-17)28(32)33)21(24(30)25(27)31)23(29)18-10-7-12-20(16-18)34-3/h6-7,9-12,15-16,22,29H,4-5,8,13-14H2,1-3H3/b23-21-. The van der Waals surface area contributed by atoms with Crippen LogP contribution >= 0.6 is 0 Å². The smallest absolute Gasteiger partial charge is 0.295 e. The van der Waals surface area contributed by atoms with Crippen molar-refractivity contribution in [1.29, 1.82) is 0 Å². The molecule has 0 saturated carbocycles. The van der Waals surface area contributed by atoms with Gasteiger partial charge in [0, 0.05) is 24.2 Å². The highest BCUT2D eigenvalue weighted by Crippen LogP contribution is 2.40. The maximum Gasteiger partial charge on any atom is 0.295 e. The van der Waals surface area contributed by atoms with Crippen LogP contribution in [0.15, 0.2) is 54.1 Å². The second-order valence-corrected chi connectivity index (χ2v) is 7.96. The van der Waals surface area contributed by atoms with Crippen LogP contribution < -0.4 is 4.74 Å². The van der Waals surface area contributed by atoms with Crippen molar-refractivity contribution in [3.63, 3.8) is 0 Å². The zero-order valence-corrected chi connectivity index (χ0v) is 19.6. The van der Waals surface area contributed by atoms with Crippen LogP contribution in [-0.4, -0.2) is 64.8 Å². The molecule has 34 heavy (non-hydrogen) atoms. The minimum absolute atomic E-state index is 0.0957. The van der Waals surface area contributed by atoms with Gasteiger partial charge in [-0.25, -0.2) is 0 Å². The SMILES string of the molecule is CCN(CC)CCCN1C(=O)C(=O)/C(=C(\O)c2cccc(OC)c2)C1c1cccc([N+](=O)[O-])c1. The second-order valence-electron chi connectivity index (χ2n) is 7.96. The number of nitro benzene ring substituents is 1. The summed E-state index contributed by atoms with van der Waals surface area (Å²) in [4.78, 5) is 40.6. The molecule has 9 heteroatoms. The van der Waals surface area contributed by atoms with Gasteiger partial charge in [-0.2, -0.15) is 0 Å². The van der Waals surface area contributed by atoms with Crippen LogP contribution in [0.5, 0.6) is 5.75 Å². The number of ether oxygens (including phenoxy) is 1. The summed E-state index contributed by atoms with van der Waals surface area (Å²) in [5, 5.41) is 22.5. The summed E-state index contributed by atoms with van der Waals surface area (Å²) in [6.45, 7) is 6.82. The summed E-state index contributed by atoms with van der Waals surface area (Å²) >= 11 is 0. The lowest BCUT2D eigenvalue weighted by molar-refractivity contribution is -0.384. The second kappa shape index (κ2) is 10.9. The monoisotopic (exact) mass is 467 g/mol. The third-order valence-corrected chi connectivity index (χ3v) is 6.05. The van der Waals surface area contributed by atoms with E-state index in [0.29, 0.717) is 23.3 Å². The van der Waals surface area contributed by atoms with Gasteiger partial charge in [0.2, 0.25) is 0 Å². The number of aliphatic hydroxyl groups excluding tert-OH is 1. The van der Waals surface area contributed by atoms with Crippen molar-refractivity contribution in [2.45, 2.75) is 26.3 Å². The highest BCUT2D eigenvalue weighted by atomic mass is 16.6. The number of rotatable bonds is 10. The van der Waals surface area contributed by atoms with E-state index in [2.05, 4.69) is 4.90 Å². The molecule has 1 unspecified atom stereocenters. The van der Waals surface area contributed by atoms with E-state index < -0.39 is 22.7 Å². The first kappa shape index (κ1) is 24.9. The van der Waals surface area contributed by atoms with Crippen molar-refractivity contribution >= 4 is 23.1 Å². The summed E-state index contributed by atoms with van der Waals surface area (Å²) in [5.41, 5.74) is 0.450. The Hall–Kier alpha value is -3.72. The summed E-state index contributed by atoms with van der Waals surface area (Å²) in [7, 11) is 1.48. The molecule has 9 nitrogen and oxygen atoms in total. The molecule has 2 aromatic rings. The summed E-state index contributed by atoms with van der Waals surface area (Å²) in [6.07, 6.45) is 0.610. The van der Waals surface area contributed by atoms with Crippen molar-refractivity contribution in [2.75, 3.05) is 33.3 Å². The van der Waals surface area contributed by atoms with Gasteiger partial charge in [0.1, 0.15) is 11.5 Å². The summed E-state index contributed by atoms with van der Waals surface area (Å²) < 4.78 is 5.21. The fourth-order valence-corrected chi connectivity index (χ4v) is 4.20. The van der Waals surface area contributed by atoms with Gasteiger partial charge in [-0.05, 0) is 43.8 Å². The molecular formula is C25H29N3O6. The predicted molar refractivity (Wildman–Crippen MR) is 128 cm³/mol. The molecular weight excluding hydrogens is 438 g/mol. The number of aliphatic hydroxyl groups is 1. The lowest BCUT2D eigenvalue weighted by Gasteiger charge is -2.26. The van der Waals surface area contributed by atoms with Crippen molar-refractivity contribution in [1.82, 2.24) is 9.80 Å². The number of carbonyl (C=O) groups excluding carboxylic acids is 2. The van der Waals surface area contributed by atoms with Gasteiger partial charge in [-0.3, -0.25) is 19.7 Å². The van der Waals surface area contributed by atoms with E-state index in [1.54, 1.807) is 30.3 Å². The molecule has 1 heterocycles. The van der Waals surface area contributed by atoms with E-state index in [1.807, 2.05) is 13.8 Å². The minimum atomic E-state index is -0.942. The molecule has 1 amide bonds. The molecule has 2 aromatic carbocycles. The number of Topliss-reactive ketones (excluding diaryl/α,β-unsaturated/α-hetero) is 1. The summed E-state index contributed by atoms with van der Waals surface area (Å²) in [5.74, 6) is -1.43. The van der Waals surface area contributed by atoms with Crippen molar-refractivity contribution < 1.29 is 24.4 Å². The number of nitrogens with zero attached hydrogens (tertiary/aromatic N) is 3. The number of non-ortho nitro benzene ring substituents is 1. The molecule has 1 aliphatic rings. The third kappa shape index (κ3) is 5.09. The molecule has 180 valence electrons. The number of amides is 1. The Bertz CT molecular complexity index is 1110. The van der Waals surface area contributed by atoms with Crippen LogP contribution in [0.4, 0.5) is 5.69 Å². The van der Waals surface area contributed by atoms with Crippen LogP contribution in [0.3, 0.4) is 0 Å². The van der Waals surface area contributed by atoms with Crippen LogP contribution in [0.2, 0.25) is 0 Å². The van der Waals surface area contributed by atoms with Crippen molar-refractivity contribution in [3.05, 3.63) is 75.3 Å². The maximum absolute atomic E-state index is 13.1. The molecule has 0 radical (unpaired) electrons. The molecule has 1 aliphatic heterocycles. The average Bonchev–Trinajstić information content (AvgIpc) is 3.11. The molecule has 0 aliphatic carbocycles. The fraction of sp³-hybridized carbons (Fsp3) is 0.360. The average molecular weight is 468 g/mol. The zero-order valence-electron chi connectivity index (χ0n) is 19.6. The molecule has 0 spiro atoms. The van der Waals surface area contributed by atoms with Gasteiger partial charge in [-0.1, -0.05) is 38.1 Å². The maximum atomic E-state index is 13.1. The first-order chi connectivity index (χ1) is 16.3. The van der Waals surface area contributed by atoms with Crippen LogP contribution in [0.1, 0.15) is 37.4 Å². The Kier molecular flexibility index (Phi) is 8.01. The van der Waals surface area contributed by atoms with Gasteiger partial charge in [0.05, 0.1) is 23.6 Å². The number of nitro groups is 1. The van der Waals surface area contributed by atoms with E-state index in [0.717, 1.165) is 19.6 Å². The zero-order chi connectivity index (χ0) is 24.8. The Morgan fingerprint density at radius 3 is 2.50 bits per heavy atom. The van der Waals surface area contributed by atoms with Crippen LogP contribution in [0, 0.1) is 10.1 Å². The topological polar surface area (TPSA) is 113 Å². The number of carbonyl (C=O) groups is 2. The molecule has 1 saturated heterocycles. The molecule has 0 aromatic heterocycles. The van der Waals surface area contributed by atoms with E-state index in [9.17, 15) is 24.8 Å². The lowest BCUT2D eigenvalue weighted by atomic mass is 9.95. The number of hydrogen-bond donors (Lipinski definition) is 1. The minimum Gasteiger partial charge on any atom is -0.507 e. The Morgan fingerprint density at radius 2 is 1.85 bits per heavy atom. The van der Waals surface area contributed by atoms with Crippen molar-refractivity contribution in [3.8, 4) is 5.75 Å². The number of methoxy groups -OCH3 is 1. The quantitative estimate of drug-likeness (QED) is 0.186. The first-order valence-corrected chi connectivity index (χ1v) is 11.2. The summed E-state index contributed by atoms with van der Waals surface area (Å²) in [6, 6.07) is 11.4. The Labute approximate surface area is 198 Å². The molecule has 0 bridgehead atoms. The molecule has 1 N–H and O–H groups in total. The highest BCUT2D eigenvalue weighted by molar-refractivity contribution is 6.46.